The minimum Gasteiger partial charge on any atom is -0.493 e. The van der Waals surface area contributed by atoms with Crippen LogP contribution in [-0.2, 0) is 0 Å². The van der Waals surface area contributed by atoms with E-state index in [-0.39, 0.29) is 0 Å². The quantitative estimate of drug-likeness (QED) is 0.770. The van der Waals surface area contributed by atoms with Crippen LogP contribution in [0.3, 0.4) is 0 Å². The van der Waals surface area contributed by atoms with E-state index in [0.717, 1.165) is 23.2 Å². The fourth-order valence-electron chi connectivity index (χ4n) is 1.79. The average molecular weight is 261 g/mol. The fourth-order valence-corrected chi connectivity index (χ4v) is 1.95. The molecule has 2 aromatic rings. The molecule has 0 fully saturated rings. The lowest BCUT2D eigenvalue weighted by molar-refractivity contribution is 0.112. The van der Waals surface area contributed by atoms with Crippen LogP contribution in [0, 0.1) is 0 Å². The Morgan fingerprint density at radius 3 is 2.72 bits per heavy atom. The van der Waals surface area contributed by atoms with E-state index in [0.29, 0.717) is 17.2 Å². The van der Waals surface area contributed by atoms with Crippen molar-refractivity contribution in [1.82, 2.24) is 0 Å². The van der Waals surface area contributed by atoms with Gasteiger partial charge in [-0.1, -0.05) is 35.9 Å². The van der Waals surface area contributed by atoms with Gasteiger partial charge in [-0.25, -0.2) is 0 Å². The number of ether oxygens (including phenoxy) is 1. The lowest BCUT2D eigenvalue weighted by Gasteiger charge is -2.10. The van der Waals surface area contributed by atoms with Crippen LogP contribution in [0.2, 0.25) is 5.02 Å². The first-order valence-electron chi connectivity index (χ1n) is 5.73. The molecule has 0 aromatic heterocycles. The van der Waals surface area contributed by atoms with Crippen LogP contribution in [0.25, 0.3) is 11.1 Å². The summed E-state index contributed by atoms with van der Waals surface area (Å²) in [6, 6.07) is 13.1. The van der Waals surface area contributed by atoms with E-state index in [2.05, 4.69) is 0 Å². The molecule has 0 aliphatic heterocycles. The highest BCUT2D eigenvalue weighted by Crippen LogP contribution is 2.31. The summed E-state index contributed by atoms with van der Waals surface area (Å²) in [6.07, 6.45) is 0.759. The van der Waals surface area contributed by atoms with Crippen LogP contribution in [0.5, 0.6) is 5.75 Å². The largest absolute Gasteiger partial charge is 0.493 e. The Bertz CT molecular complexity index is 564. The summed E-state index contributed by atoms with van der Waals surface area (Å²) < 4.78 is 5.57. The molecule has 0 atom stereocenters. The Morgan fingerprint density at radius 1 is 1.22 bits per heavy atom. The summed E-state index contributed by atoms with van der Waals surface area (Å²) in [5.41, 5.74) is 2.37. The van der Waals surface area contributed by atoms with Crippen molar-refractivity contribution in [2.24, 2.45) is 0 Å². The molecule has 0 unspecified atom stereocenters. The molecule has 0 aliphatic rings. The Labute approximate surface area is 111 Å². The number of hydrogen-bond donors (Lipinski definition) is 0. The van der Waals surface area contributed by atoms with Gasteiger partial charge in [0.2, 0.25) is 0 Å². The van der Waals surface area contributed by atoms with Gasteiger partial charge in [0.25, 0.3) is 0 Å². The van der Waals surface area contributed by atoms with Crippen molar-refractivity contribution in [1.29, 1.82) is 0 Å². The van der Waals surface area contributed by atoms with Crippen molar-refractivity contribution in [3.8, 4) is 16.9 Å². The third-order valence-electron chi connectivity index (χ3n) is 2.62. The molecule has 92 valence electrons. The van der Waals surface area contributed by atoms with Crippen molar-refractivity contribution >= 4 is 17.9 Å². The number of halogens is 1. The molecule has 0 saturated heterocycles. The number of benzene rings is 2. The van der Waals surface area contributed by atoms with Gasteiger partial charge in [0, 0.05) is 11.1 Å². The van der Waals surface area contributed by atoms with Crippen LogP contribution in [0.1, 0.15) is 17.3 Å². The molecule has 0 saturated carbocycles. The topological polar surface area (TPSA) is 26.3 Å². The lowest BCUT2D eigenvalue weighted by Crippen LogP contribution is -1.94. The number of rotatable bonds is 4. The Kier molecular flexibility index (Phi) is 4.00. The second-order valence-electron chi connectivity index (χ2n) is 3.78. The SMILES string of the molecule is CCOc1ccccc1-c1ccc(Cl)c(C=O)c1. The molecule has 0 aliphatic carbocycles. The van der Waals surface area contributed by atoms with E-state index < -0.39 is 0 Å². The minimum absolute atomic E-state index is 0.461. The zero-order valence-electron chi connectivity index (χ0n) is 10.0. The van der Waals surface area contributed by atoms with Crippen LogP contribution in [0.4, 0.5) is 0 Å². The molecule has 18 heavy (non-hydrogen) atoms. The third-order valence-corrected chi connectivity index (χ3v) is 2.97. The maximum absolute atomic E-state index is 10.9. The van der Waals surface area contributed by atoms with E-state index in [1.807, 2.05) is 37.3 Å². The monoisotopic (exact) mass is 260 g/mol. The normalized spacial score (nSPS) is 10.1. The highest BCUT2D eigenvalue weighted by Gasteiger charge is 2.07. The molecule has 0 N–H and O–H groups in total. The van der Waals surface area contributed by atoms with Gasteiger partial charge in [-0.05, 0) is 30.7 Å². The second-order valence-corrected chi connectivity index (χ2v) is 4.19. The van der Waals surface area contributed by atoms with E-state index in [4.69, 9.17) is 16.3 Å². The predicted molar refractivity (Wildman–Crippen MR) is 73.4 cm³/mol. The number of hydrogen-bond acceptors (Lipinski definition) is 2. The number of aldehydes is 1. The summed E-state index contributed by atoms with van der Waals surface area (Å²) in [4.78, 5) is 10.9. The summed E-state index contributed by atoms with van der Waals surface area (Å²) in [7, 11) is 0. The fraction of sp³-hybridized carbons (Fsp3) is 0.133. The Balaban J connectivity index is 2.51. The molecule has 0 spiro atoms. The van der Waals surface area contributed by atoms with Gasteiger partial charge in [-0.3, -0.25) is 4.79 Å². The minimum atomic E-state index is 0.461. The van der Waals surface area contributed by atoms with Gasteiger partial charge in [0.15, 0.2) is 6.29 Å². The van der Waals surface area contributed by atoms with Crippen molar-refractivity contribution in [3.05, 3.63) is 53.1 Å². The zero-order valence-corrected chi connectivity index (χ0v) is 10.8. The highest BCUT2D eigenvalue weighted by atomic mass is 35.5. The number of carbonyl (C=O) groups is 1. The zero-order chi connectivity index (χ0) is 13.0. The Morgan fingerprint density at radius 2 is 2.00 bits per heavy atom. The van der Waals surface area contributed by atoms with Gasteiger partial charge in [-0.15, -0.1) is 0 Å². The third kappa shape index (κ3) is 2.54. The summed E-state index contributed by atoms with van der Waals surface area (Å²) in [6.45, 7) is 2.54. The van der Waals surface area contributed by atoms with Crippen molar-refractivity contribution in [3.63, 3.8) is 0 Å². The van der Waals surface area contributed by atoms with E-state index in [9.17, 15) is 4.79 Å². The number of para-hydroxylation sites is 1. The molecule has 0 bridgehead atoms. The first kappa shape index (κ1) is 12.7. The van der Waals surface area contributed by atoms with Gasteiger partial charge in [0.1, 0.15) is 5.75 Å². The molecular weight excluding hydrogens is 248 g/mol. The molecule has 3 heteroatoms. The molecule has 0 radical (unpaired) electrons. The molecule has 2 rings (SSSR count). The van der Waals surface area contributed by atoms with Gasteiger partial charge in [-0.2, -0.15) is 0 Å². The molecule has 0 amide bonds. The highest BCUT2D eigenvalue weighted by molar-refractivity contribution is 6.33. The summed E-state index contributed by atoms with van der Waals surface area (Å²) >= 11 is 5.92. The molecule has 0 heterocycles. The van der Waals surface area contributed by atoms with Gasteiger partial charge >= 0.3 is 0 Å². The predicted octanol–water partition coefficient (Wildman–Crippen LogP) is 4.22. The van der Waals surface area contributed by atoms with Crippen LogP contribution in [-0.4, -0.2) is 12.9 Å². The first-order chi connectivity index (χ1) is 8.76. The van der Waals surface area contributed by atoms with Crippen LogP contribution >= 0.6 is 11.6 Å². The first-order valence-corrected chi connectivity index (χ1v) is 6.11. The van der Waals surface area contributed by atoms with Crippen molar-refractivity contribution in [2.75, 3.05) is 6.61 Å². The van der Waals surface area contributed by atoms with Gasteiger partial charge < -0.3 is 4.74 Å². The molecule has 2 nitrogen and oxygen atoms in total. The van der Waals surface area contributed by atoms with Crippen molar-refractivity contribution < 1.29 is 9.53 Å². The summed E-state index contributed by atoms with van der Waals surface area (Å²) in [5, 5.41) is 0.461. The smallest absolute Gasteiger partial charge is 0.151 e. The number of carbonyl (C=O) groups excluding carboxylic acids is 1. The maximum atomic E-state index is 10.9. The van der Waals surface area contributed by atoms with Crippen LogP contribution in [0.15, 0.2) is 42.5 Å². The Hall–Kier alpha value is -1.80. The average Bonchev–Trinajstić information content (AvgIpc) is 2.40. The van der Waals surface area contributed by atoms with Crippen LogP contribution < -0.4 is 4.74 Å². The van der Waals surface area contributed by atoms with Crippen molar-refractivity contribution in [2.45, 2.75) is 6.92 Å². The standard InChI is InChI=1S/C15H13ClO2/c1-2-18-15-6-4-3-5-13(15)11-7-8-14(16)12(9-11)10-17/h3-10H,2H2,1H3. The second kappa shape index (κ2) is 5.69. The molecular formula is C15H13ClO2. The van der Waals surface area contributed by atoms with E-state index in [1.54, 1.807) is 12.1 Å². The lowest BCUT2D eigenvalue weighted by atomic mass is 10.0. The van der Waals surface area contributed by atoms with E-state index >= 15 is 0 Å². The maximum Gasteiger partial charge on any atom is 0.151 e. The van der Waals surface area contributed by atoms with Gasteiger partial charge in [0.05, 0.1) is 11.6 Å². The molecule has 2 aromatic carbocycles. The van der Waals surface area contributed by atoms with E-state index in [1.165, 1.54) is 0 Å². The summed E-state index contributed by atoms with van der Waals surface area (Å²) in [5.74, 6) is 0.805.